The monoisotopic (exact) mass is 354 g/mol. The van der Waals surface area contributed by atoms with Crippen LogP contribution >= 0.6 is 0 Å². The molecule has 0 spiro atoms. The molecule has 3 rings (SSSR count). The standard InChI is InChI=1S/C19H25F3N2O/c1-13-6-10-24(11-7-13)18(25)15-2-3-17(19(20,21)22)16(12-15)14-4-8-23-9-5-14/h2-3,12-14,23H,4-11H2,1H3. The highest BCUT2D eigenvalue weighted by molar-refractivity contribution is 5.94. The lowest BCUT2D eigenvalue weighted by atomic mass is 9.85. The first kappa shape index (κ1) is 18.2. The Balaban J connectivity index is 1.89. The Hall–Kier alpha value is -1.56. The van der Waals surface area contributed by atoms with Gasteiger partial charge in [0, 0.05) is 18.7 Å². The molecule has 0 atom stereocenters. The molecule has 2 fully saturated rings. The lowest BCUT2D eigenvalue weighted by Gasteiger charge is -2.31. The smallest absolute Gasteiger partial charge is 0.339 e. The molecule has 2 aliphatic rings. The molecule has 1 aromatic rings. The zero-order valence-electron chi connectivity index (χ0n) is 14.5. The Morgan fingerprint density at radius 2 is 1.76 bits per heavy atom. The third-order valence-electron chi connectivity index (χ3n) is 5.45. The number of nitrogens with zero attached hydrogens (tertiary/aromatic N) is 1. The minimum absolute atomic E-state index is 0.143. The fourth-order valence-corrected chi connectivity index (χ4v) is 3.82. The Morgan fingerprint density at radius 1 is 1.12 bits per heavy atom. The van der Waals surface area contributed by atoms with Gasteiger partial charge >= 0.3 is 6.18 Å². The van der Waals surface area contributed by atoms with Gasteiger partial charge in [-0.3, -0.25) is 4.79 Å². The van der Waals surface area contributed by atoms with Crippen molar-refractivity contribution in [3.63, 3.8) is 0 Å². The van der Waals surface area contributed by atoms with E-state index in [1.807, 2.05) is 0 Å². The third kappa shape index (κ3) is 4.17. The molecule has 0 aliphatic carbocycles. The summed E-state index contributed by atoms with van der Waals surface area (Å²) in [5, 5.41) is 3.18. The molecule has 25 heavy (non-hydrogen) atoms. The van der Waals surface area contributed by atoms with Gasteiger partial charge in [-0.1, -0.05) is 6.92 Å². The molecule has 1 aromatic carbocycles. The number of halogens is 3. The molecule has 2 saturated heterocycles. The normalized spacial score (nSPS) is 20.7. The van der Waals surface area contributed by atoms with Gasteiger partial charge in [0.25, 0.3) is 5.91 Å². The van der Waals surface area contributed by atoms with Crippen LogP contribution in [-0.4, -0.2) is 37.0 Å². The van der Waals surface area contributed by atoms with Gasteiger partial charge in [-0.15, -0.1) is 0 Å². The van der Waals surface area contributed by atoms with Crippen molar-refractivity contribution in [3.05, 3.63) is 34.9 Å². The van der Waals surface area contributed by atoms with Crippen LogP contribution in [0.15, 0.2) is 18.2 Å². The van der Waals surface area contributed by atoms with Crippen LogP contribution in [0.4, 0.5) is 13.2 Å². The van der Waals surface area contributed by atoms with Crippen LogP contribution in [0.5, 0.6) is 0 Å². The van der Waals surface area contributed by atoms with E-state index in [4.69, 9.17) is 0 Å². The summed E-state index contributed by atoms with van der Waals surface area (Å²) in [4.78, 5) is 14.5. The molecular formula is C19H25F3N2O. The maximum Gasteiger partial charge on any atom is 0.416 e. The molecule has 6 heteroatoms. The van der Waals surface area contributed by atoms with Gasteiger partial charge in [-0.2, -0.15) is 13.2 Å². The Bertz CT molecular complexity index is 616. The summed E-state index contributed by atoms with van der Waals surface area (Å²) in [5.41, 5.74) is 0.0736. The number of nitrogens with one attached hydrogen (secondary N) is 1. The van der Waals surface area contributed by atoms with E-state index in [1.54, 1.807) is 4.90 Å². The van der Waals surface area contributed by atoms with Crippen LogP contribution in [0.2, 0.25) is 0 Å². The molecule has 1 N–H and O–H groups in total. The molecule has 0 unspecified atom stereocenters. The Labute approximate surface area is 146 Å². The van der Waals surface area contributed by atoms with Crippen LogP contribution in [0.1, 0.15) is 60.0 Å². The first-order valence-corrected chi connectivity index (χ1v) is 9.07. The number of carbonyl (C=O) groups is 1. The number of amides is 1. The fraction of sp³-hybridized carbons (Fsp3) is 0.632. The van der Waals surface area contributed by atoms with Crippen LogP contribution < -0.4 is 5.32 Å². The number of benzene rings is 1. The average molecular weight is 354 g/mol. The molecule has 0 aromatic heterocycles. The van der Waals surface area contributed by atoms with Crippen molar-refractivity contribution in [2.45, 2.75) is 44.7 Å². The summed E-state index contributed by atoms with van der Waals surface area (Å²) in [6.45, 7) is 4.96. The van der Waals surface area contributed by atoms with Crippen LogP contribution in [0.25, 0.3) is 0 Å². The van der Waals surface area contributed by atoms with E-state index in [-0.39, 0.29) is 17.4 Å². The maximum absolute atomic E-state index is 13.4. The van der Waals surface area contributed by atoms with Crippen LogP contribution in [0, 0.1) is 5.92 Å². The van der Waals surface area contributed by atoms with Crippen molar-refractivity contribution < 1.29 is 18.0 Å². The summed E-state index contributed by atoms with van der Waals surface area (Å²) in [5.74, 6) is 0.310. The van der Waals surface area contributed by atoms with Gasteiger partial charge in [-0.25, -0.2) is 0 Å². The van der Waals surface area contributed by atoms with Crippen molar-refractivity contribution in [2.75, 3.05) is 26.2 Å². The first-order valence-electron chi connectivity index (χ1n) is 9.07. The number of hydrogen-bond acceptors (Lipinski definition) is 2. The average Bonchev–Trinajstić information content (AvgIpc) is 2.61. The second-order valence-corrected chi connectivity index (χ2v) is 7.30. The van der Waals surface area contributed by atoms with Gasteiger partial charge in [0.05, 0.1) is 5.56 Å². The maximum atomic E-state index is 13.4. The topological polar surface area (TPSA) is 32.3 Å². The molecule has 1 amide bonds. The van der Waals surface area contributed by atoms with Crippen molar-refractivity contribution in [1.29, 1.82) is 0 Å². The zero-order chi connectivity index (χ0) is 18.0. The van der Waals surface area contributed by atoms with Gasteiger partial charge < -0.3 is 10.2 Å². The highest BCUT2D eigenvalue weighted by Crippen LogP contribution is 2.38. The number of alkyl halides is 3. The summed E-state index contributed by atoms with van der Waals surface area (Å²) < 4.78 is 40.3. The molecular weight excluding hydrogens is 329 g/mol. The van der Waals surface area contributed by atoms with E-state index < -0.39 is 11.7 Å². The van der Waals surface area contributed by atoms with E-state index >= 15 is 0 Å². The van der Waals surface area contributed by atoms with E-state index in [9.17, 15) is 18.0 Å². The number of rotatable bonds is 2. The summed E-state index contributed by atoms with van der Waals surface area (Å²) in [6.07, 6.45) is -1.15. The minimum atomic E-state index is -4.39. The Kier molecular flexibility index (Phi) is 5.37. The lowest BCUT2D eigenvalue weighted by molar-refractivity contribution is -0.138. The minimum Gasteiger partial charge on any atom is -0.339 e. The first-order chi connectivity index (χ1) is 11.9. The molecule has 138 valence electrons. The second-order valence-electron chi connectivity index (χ2n) is 7.30. The van der Waals surface area contributed by atoms with Crippen molar-refractivity contribution in [2.24, 2.45) is 5.92 Å². The van der Waals surface area contributed by atoms with Crippen LogP contribution in [0.3, 0.4) is 0 Å². The quantitative estimate of drug-likeness (QED) is 0.869. The number of hydrogen-bond donors (Lipinski definition) is 1. The summed E-state index contributed by atoms with van der Waals surface area (Å²) in [7, 11) is 0. The van der Waals surface area contributed by atoms with Gasteiger partial charge in [0.2, 0.25) is 0 Å². The SMILES string of the molecule is CC1CCN(C(=O)c2ccc(C(F)(F)F)c(C3CCNCC3)c2)CC1. The zero-order valence-corrected chi connectivity index (χ0v) is 14.5. The highest BCUT2D eigenvalue weighted by Gasteiger charge is 2.36. The highest BCUT2D eigenvalue weighted by atomic mass is 19.4. The van der Waals surface area contributed by atoms with Crippen molar-refractivity contribution in [3.8, 4) is 0 Å². The van der Waals surface area contributed by atoms with Gasteiger partial charge in [0.15, 0.2) is 0 Å². The fourth-order valence-electron chi connectivity index (χ4n) is 3.82. The predicted molar refractivity (Wildman–Crippen MR) is 90.6 cm³/mol. The molecule has 0 saturated carbocycles. The molecule has 3 nitrogen and oxygen atoms in total. The van der Waals surface area contributed by atoms with Crippen LogP contribution in [-0.2, 0) is 6.18 Å². The van der Waals surface area contributed by atoms with Gasteiger partial charge in [0.1, 0.15) is 0 Å². The van der Waals surface area contributed by atoms with E-state index in [1.165, 1.54) is 12.1 Å². The Morgan fingerprint density at radius 3 is 2.36 bits per heavy atom. The second kappa shape index (κ2) is 7.36. The molecule has 2 aliphatic heterocycles. The van der Waals surface area contributed by atoms with Gasteiger partial charge in [-0.05, 0) is 74.4 Å². The number of carbonyl (C=O) groups excluding carboxylic acids is 1. The van der Waals surface area contributed by atoms with Crippen molar-refractivity contribution in [1.82, 2.24) is 10.2 Å². The lowest BCUT2D eigenvalue weighted by Crippen LogP contribution is -2.38. The van der Waals surface area contributed by atoms with E-state index in [0.717, 1.165) is 18.9 Å². The summed E-state index contributed by atoms with van der Waals surface area (Å²) in [6, 6.07) is 3.93. The number of likely N-dealkylation sites (tertiary alicyclic amines) is 1. The number of piperidine rings is 2. The molecule has 0 bridgehead atoms. The summed E-state index contributed by atoms with van der Waals surface area (Å²) >= 11 is 0. The largest absolute Gasteiger partial charge is 0.416 e. The van der Waals surface area contributed by atoms with E-state index in [0.29, 0.717) is 50.5 Å². The van der Waals surface area contributed by atoms with E-state index in [2.05, 4.69) is 12.2 Å². The van der Waals surface area contributed by atoms with Crippen molar-refractivity contribution >= 4 is 5.91 Å². The third-order valence-corrected chi connectivity index (χ3v) is 5.45. The molecule has 0 radical (unpaired) electrons. The molecule has 2 heterocycles. The predicted octanol–water partition coefficient (Wildman–Crippen LogP) is 4.04.